The molecule has 1 fully saturated rings. The Balaban J connectivity index is 0.000000707. The van der Waals surface area contributed by atoms with Crippen LogP contribution in [0.15, 0.2) is 60.7 Å². The number of hydrogen-bond donors (Lipinski definition) is 0. The van der Waals surface area contributed by atoms with E-state index in [1.807, 2.05) is 60.7 Å². The summed E-state index contributed by atoms with van der Waals surface area (Å²) < 4.78 is 75.8. The molecule has 13 heteroatoms. The summed E-state index contributed by atoms with van der Waals surface area (Å²) in [5, 5.41) is 0. The second-order valence-electron chi connectivity index (χ2n) is 8.85. The van der Waals surface area contributed by atoms with E-state index in [9.17, 15) is 25.3 Å². The van der Waals surface area contributed by atoms with Gasteiger partial charge in [0.15, 0.2) is 0 Å². The van der Waals surface area contributed by atoms with Crippen LogP contribution in [0.1, 0.15) is 12.6 Å². The van der Waals surface area contributed by atoms with Gasteiger partial charge in [0.25, 0.3) is 0 Å². The van der Waals surface area contributed by atoms with Gasteiger partial charge < -0.3 is 1.43 Å². The Morgan fingerprint density at radius 1 is 0.917 bits per heavy atom. The summed E-state index contributed by atoms with van der Waals surface area (Å²) in [6.45, 7) is 0.510. The fraction of sp³-hybridized carbons (Fsp3) is 0.478. The van der Waals surface area contributed by atoms with E-state index < -0.39 is 36.1 Å². The zero-order chi connectivity index (χ0) is 26.3. The van der Waals surface area contributed by atoms with E-state index in [-0.39, 0.29) is 49.4 Å². The maximum absolute atomic E-state index is 11.6. The maximum Gasteiger partial charge on any atom is 1.00 e. The van der Waals surface area contributed by atoms with Crippen LogP contribution in [0.5, 0.6) is 0 Å². The van der Waals surface area contributed by atoms with Crippen molar-refractivity contribution in [3.05, 3.63) is 71.8 Å². The van der Waals surface area contributed by atoms with E-state index in [2.05, 4.69) is 0 Å². The summed E-state index contributed by atoms with van der Waals surface area (Å²) in [5.74, 6) is -0.540. The Morgan fingerprint density at radius 3 is 1.83 bits per heavy atom. The monoisotopic (exact) mass is 570 g/mol. The molecule has 0 aliphatic carbocycles. The molecule has 1 aliphatic rings. The Morgan fingerprint density at radius 2 is 1.42 bits per heavy atom. The standard InChI is InChI=1S/C13H21NO5S2.C10H13NO2S.Na.H/c1-14(2)21(17,18)19-10-13(11-20(3,15)16)9-12-7-5-4-6-8-12;1-14(12,13)11-8-10(11)7-9-5-3-2-4-6-9;;/h4-8,13H,9-11H2,1-3H3;2-6,10H,7-8H2,1H3;;/q;;+1;-1/t13-;10-,11?;;/m00../s1. The summed E-state index contributed by atoms with van der Waals surface area (Å²) in [5.41, 5.74) is 2.14. The van der Waals surface area contributed by atoms with Crippen molar-refractivity contribution in [3.8, 4) is 0 Å². The molecule has 1 aliphatic heterocycles. The van der Waals surface area contributed by atoms with E-state index >= 15 is 0 Å². The topological polar surface area (TPSA) is 118 Å². The van der Waals surface area contributed by atoms with Crippen LogP contribution in [0.25, 0.3) is 0 Å². The third-order valence-corrected chi connectivity index (χ3v) is 8.91. The molecular weight excluding hydrogens is 535 g/mol. The van der Waals surface area contributed by atoms with E-state index in [1.54, 1.807) is 0 Å². The quantitative estimate of drug-likeness (QED) is 0.244. The summed E-state index contributed by atoms with van der Waals surface area (Å²) in [6, 6.07) is 19.5. The molecule has 0 aromatic heterocycles. The van der Waals surface area contributed by atoms with Crippen LogP contribution < -0.4 is 29.6 Å². The van der Waals surface area contributed by atoms with Gasteiger partial charge in [0.1, 0.15) is 9.84 Å². The van der Waals surface area contributed by atoms with Crippen LogP contribution in [0.4, 0.5) is 0 Å². The molecule has 0 amide bonds. The minimum Gasteiger partial charge on any atom is -1.00 e. The summed E-state index contributed by atoms with van der Waals surface area (Å²) in [6.07, 6.45) is 3.66. The molecule has 9 nitrogen and oxygen atoms in total. The maximum atomic E-state index is 11.6. The van der Waals surface area contributed by atoms with Crippen LogP contribution in [-0.4, -0.2) is 85.4 Å². The van der Waals surface area contributed by atoms with Crippen LogP contribution in [0.3, 0.4) is 0 Å². The van der Waals surface area contributed by atoms with Gasteiger partial charge in [0, 0.05) is 38.9 Å². The number of benzene rings is 2. The van der Waals surface area contributed by atoms with Gasteiger partial charge in [0.2, 0.25) is 10.0 Å². The van der Waals surface area contributed by atoms with Crippen molar-refractivity contribution in [2.75, 3.05) is 45.5 Å². The zero-order valence-electron chi connectivity index (χ0n) is 22.4. The first kappa shape index (κ1) is 33.2. The average Bonchev–Trinajstić information content (AvgIpc) is 3.53. The van der Waals surface area contributed by atoms with Gasteiger partial charge in [-0.15, -0.1) is 0 Å². The third-order valence-electron chi connectivity index (χ3n) is 5.21. The van der Waals surface area contributed by atoms with Crippen LogP contribution in [0.2, 0.25) is 0 Å². The summed E-state index contributed by atoms with van der Waals surface area (Å²) >= 11 is 0. The predicted molar refractivity (Wildman–Crippen MR) is 139 cm³/mol. The van der Waals surface area contributed by atoms with Crippen molar-refractivity contribution in [2.24, 2.45) is 5.92 Å². The number of sulfonamides is 1. The van der Waals surface area contributed by atoms with Gasteiger partial charge >= 0.3 is 39.9 Å². The van der Waals surface area contributed by atoms with Gasteiger partial charge in [-0.05, 0) is 24.0 Å². The Kier molecular flexibility index (Phi) is 13.2. The Bertz CT molecular complexity index is 1260. The fourth-order valence-electron chi connectivity index (χ4n) is 3.45. The smallest absolute Gasteiger partial charge is 1.00 e. The molecule has 1 saturated heterocycles. The van der Waals surface area contributed by atoms with Gasteiger partial charge in [0.05, 0.1) is 18.6 Å². The zero-order valence-corrected chi connectivity index (χ0v) is 25.9. The molecule has 0 N–H and O–H groups in total. The first-order valence-electron chi connectivity index (χ1n) is 11.0. The minimum absolute atomic E-state index is 0. The first-order chi connectivity index (χ1) is 16.2. The first-order valence-corrected chi connectivity index (χ1v) is 16.2. The molecule has 3 rings (SSSR count). The SMILES string of the molecule is CN(C)S(=O)(=O)OC[C@H](Cc1ccccc1)CS(C)(=O)=O.CS(=O)(=O)N1C[C@@H]1Cc1ccccc1.[H-].[Na+]. The minimum atomic E-state index is -3.80. The molecule has 0 bridgehead atoms. The summed E-state index contributed by atoms with van der Waals surface area (Å²) in [4.78, 5) is 0. The van der Waals surface area contributed by atoms with Gasteiger partial charge in [-0.25, -0.2) is 16.8 Å². The molecular formula is C23H35N2NaO7S3. The van der Waals surface area contributed by atoms with Gasteiger partial charge in [-0.2, -0.15) is 17.0 Å². The predicted octanol–water partition coefficient (Wildman–Crippen LogP) is -1.30. The van der Waals surface area contributed by atoms with Crippen molar-refractivity contribution >= 4 is 30.2 Å². The van der Waals surface area contributed by atoms with Crippen LogP contribution in [0, 0.1) is 5.92 Å². The molecule has 1 heterocycles. The number of hydrogen-bond acceptors (Lipinski definition) is 7. The molecule has 36 heavy (non-hydrogen) atoms. The van der Waals surface area contributed by atoms with Gasteiger partial charge in [-0.3, -0.25) is 4.18 Å². The van der Waals surface area contributed by atoms with E-state index in [4.69, 9.17) is 4.18 Å². The second kappa shape index (κ2) is 14.4. The number of rotatable bonds is 11. The third kappa shape index (κ3) is 12.6. The van der Waals surface area contributed by atoms with Crippen molar-refractivity contribution in [2.45, 2.75) is 18.9 Å². The summed E-state index contributed by atoms with van der Waals surface area (Å²) in [7, 11) is -7.27. The molecule has 198 valence electrons. The number of sulfone groups is 1. The molecule has 1 unspecified atom stereocenters. The molecule has 0 radical (unpaired) electrons. The Hall–Kier alpha value is -0.830. The van der Waals surface area contributed by atoms with Crippen molar-refractivity contribution in [3.63, 3.8) is 0 Å². The average molecular weight is 571 g/mol. The van der Waals surface area contributed by atoms with E-state index in [0.717, 1.165) is 22.5 Å². The van der Waals surface area contributed by atoms with E-state index in [0.29, 0.717) is 13.0 Å². The fourth-order valence-corrected chi connectivity index (χ4v) is 6.15. The number of nitrogens with zero attached hydrogens (tertiary/aromatic N) is 2. The second-order valence-corrected chi connectivity index (χ2v) is 14.8. The normalized spacial score (nSPS) is 18.5. The molecule has 2 aromatic carbocycles. The largest absolute Gasteiger partial charge is 1.00 e. The van der Waals surface area contributed by atoms with E-state index in [1.165, 1.54) is 30.2 Å². The van der Waals surface area contributed by atoms with Crippen molar-refractivity contribution < 1.29 is 60.4 Å². The van der Waals surface area contributed by atoms with Crippen molar-refractivity contribution in [1.82, 2.24) is 8.61 Å². The van der Waals surface area contributed by atoms with Crippen molar-refractivity contribution in [1.29, 1.82) is 0 Å². The molecule has 0 spiro atoms. The molecule has 0 saturated carbocycles. The van der Waals surface area contributed by atoms with Gasteiger partial charge in [-0.1, -0.05) is 60.7 Å². The molecule has 3 atom stereocenters. The van der Waals surface area contributed by atoms with Crippen LogP contribution in [-0.2, 0) is 47.2 Å². The van der Waals surface area contributed by atoms with Crippen LogP contribution >= 0.6 is 0 Å². The molecule has 2 aromatic rings. The Labute approximate surface area is 239 Å².